The number of fused-ring (bicyclic) bond motifs is 24. The second-order valence-corrected chi connectivity index (χ2v) is 21.5. The van der Waals surface area contributed by atoms with Crippen LogP contribution >= 0.6 is 0 Å². The number of hydrogen-bond acceptors (Lipinski definition) is 0. The molecule has 0 radical (unpaired) electrons. The first-order valence-corrected chi connectivity index (χ1v) is 29.2. The van der Waals surface area contributed by atoms with Crippen LogP contribution in [0.25, 0.3) is 168 Å². The van der Waals surface area contributed by atoms with Gasteiger partial charge in [-0.25, -0.2) is 0 Å². The van der Waals surface area contributed by atoms with Crippen molar-refractivity contribution in [2.75, 3.05) is 0 Å². The van der Waals surface area contributed by atoms with Crippen LogP contribution in [0.15, 0.2) is 253 Å². The molecule has 0 heteroatoms. The number of rotatable bonds is 0. The van der Waals surface area contributed by atoms with Gasteiger partial charge < -0.3 is 0 Å². The van der Waals surface area contributed by atoms with Crippen LogP contribution in [0.4, 0.5) is 0 Å². The quantitative estimate of drug-likeness (QED) is 0.195. The SMILES string of the molecule is C1=C=C=c2ccc3ccccc3c2=C=C=c2c(c3c(c4c2=C=C=c2c(ccc5ccccc25)=C=C=C=C=c2ccc5ccccc5c2=C=C=4)=C=C=c2c(ccc4ccccc24)=C=C=C=C=c2ccc4ccccc4c2=C=C=3)=C=C=c2c(ccc3ccccc23)=C=1. The zero-order chi connectivity index (χ0) is 59.7. The van der Waals surface area contributed by atoms with E-state index in [4.69, 9.17) is 0 Å². The second kappa shape index (κ2) is 22.3. The highest BCUT2D eigenvalue weighted by molar-refractivity contribution is 5.89. The predicted octanol–water partition coefficient (Wildman–Crippen LogP) is 4.61. The highest BCUT2D eigenvalue weighted by Gasteiger charge is 2.05. The van der Waals surface area contributed by atoms with E-state index in [1.807, 2.05) is 109 Å². The average Bonchev–Trinajstić information content (AvgIpc) is 1.27. The summed E-state index contributed by atoms with van der Waals surface area (Å²) in [4.78, 5) is 0. The van der Waals surface area contributed by atoms with Crippen LogP contribution in [-0.2, 0) is 0 Å². The molecule has 0 heterocycles. The Bertz CT molecular complexity index is 6470. The maximum Gasteiger partial charge on any atom is 0.0588 e. The van der Waals surface area contributed by atoms with Crippen molar-refractivity contribution in [2.24, 2.45) is 0 Å². The molecule has 3 aliphatic carbocycles. The van der Waals surface area contributed by atoms with Crippen molar-refractivity contribution < 1.29 is 0 Å². The third-order valence-corrected chi connectivity index (χ3v) is 16.3. The molecule has 13 aromatic carbocycles. The van der Waals surface area contributed by atoms with E-state index in [1.165, 1.54) is 0 Å². The summed E-state index contributed by atoms with van der Waals surface area (Å²) in [5, 5.41) is 23.2. The summed E-state index contributed by atoms with van der Waals surface area (Å²) >= 11 is 0. The molecule has 0 amide bonds. The minimum atomic E-state index is 0.500. The smallest absolute Gasteiger partial charge is 0.0588 e. The van der Waals surface area contributed by atoms with Crippen molar-refractivity contribution in [3.63, 3.8) is 0 Å². The van der Waals surface area contributed by atoms with E-state index in [9.17, 15) is 0 Å². The predicted molar refractivity (Wildman–Crippen MR) is 366 cm³/mol. The van der Waals surface area contributed by atoms with Gasteiger partial charge in [-0.2, -0.15) is 0 Å². The first-order valence-electron chi connectivity index (χ1n) is 29.2. The number of benzene rings is 13. The summed E-state index contributed by atoms with van der Waals surface area (Å²) in [5.74, 6) is 0. The highest BCUT2D eigenvalue weighted by atomic mass is 14.1. The molecule has 0 saturated carbocycles. The molecule has 13 aromatic rings. The van der Waals surface area contributed by atoms with Gasteiger partial charge in [0.1, 0.15) is 0 Å². The summed E-state index contributed by atoms with van der Waals surface area (Å²) in [6, 6.07) is 73.9. The van der Waals surface area contributed by atoms with Crippen LogP contribution in [0, 0.1) is 0 Å². The summed E-state index contributed by atoms with van der Waals surface area (Å²) < 4.78 is 0. The van der Waals surface area contributed by atoms with Gasteiger partial charge in [0.15, 0.2) is 0 Å². The van der Waals surface area contributed by atoms with E-state index >= 15 is 0 Å². The van der Waals surface area contributed by atoms with Gasteiger partial charge in [0.05, 0.1) is 31.3 Å². The van der Waals surface area contributed by atoms with E-state index in [1.54, 1.807) is 0 Å². The lowest BCUT2D eigenvalue weighted by Gasteiger charge is -1.97. The maximum absolute atomic E-state index is 3.81. The Kier molecular flexibility index (Phi) is 12.8. The molecule has 0 spiro atoms. The average molecular weight is 1120 g/mol. The molecule has 0 bridgehead atoms. The fourth-order valence-corrected chi connectivity index (χ4v) is 11.9. The van der Waals surface area contributed by atoms with E-state index in [-0.39, 0.29) is 0 Å². The molecule has 0 aromatic heterocycles. The fourth-order valence-electron chi connectivity index (χ4n) is 11.9. The van der Waals surface area contributed by atoms with Crippen LogP contribution in [0.2, 0.25) is 0 Å². The number of hydrogen-bond donors (Lipinski definition) is 0. The second-order valence-electron chi connectivity index (χ2n) is 21.5. The van der Waals surface area contributed by atoms with Crippen molar-refractivity contribution in [3.05, 3.63) is 347 Å². The van der Waals surface area contributed by atoms with E-state index in [0.29, 0.717) is 62.6 Å². The molecule has 0 atom stereocenters. The van der Waals surface area contributed by atoms with Crippen molar-refractivity contribution >= 4 is 168 Å². The van der Waals surface area contributed by atoms with Crippen LogP contribution in [0.5, 0.6) is 0 Å². The lowest BCUT2D eigenvalue weighted by atomic mass is 10.0. The summed E-state index contributed by atoms with van der Waals surface area (Å²) in [5.41, 5.74) is 84.9. The van der Waals surface area contributed by atoms with Crippen LogP contribution in [0.3, 0.4) is 0 Å². The Morgan fingerprint density at radius 2 is 0.267 bits per heavy atom. The topological polar surface area (TPSA) is 0 Å². The van der Waals surface area contributed by atoms with E-state index < -0.39 is 0 Å². The van der Waals surface area contributed by atoms with Gasteiger partial charge >= 0.3 is 0 Å². The largest absolute Gasteiger partial charge is 0.0616 e. The van der Waals surface area contributed by atoms with E-state index in [0.717, 1.165) is 95.9 Å². The Labute approximate surface area is 511 Å². The standard InChI is InChI=1S/C90H36/c1-2-20-68-44-38-62-26-8-14-32-74(62)80(68)50-56-86-85(55-49-79-67(19-1)43-37-61-25-7-13-31-73(61)79)87-57-51-81-69(45-39-63-27-9-15-33-75(63)81)21-3-4-23-71-47-41-65-29-11-17-35-77(65)83(71)53-59-89(87)90-60-54-84-72(48-42-66-30-12-18-36-78(66)84)24-6-5-22-70-46-40-64-28-10-16-34-76(64)82(70)52-58-88(86)90/h7-18,25-48H. The minimum absolute atomic E-state index is 0.500. The Hall–Kier alpha value is -13.9. The van der Waals surface area contributed by atoms with Crippen LogP contribution in [-0.4, -0.2) is 0 Å². The van der Waals surface area contributed by atoms with Gasteiger partial charge in [-0.1, -0.05) is 285 Å². The zero-order valence-electron chi connectivity index (χ0n) is 47.8. The normalized spacial score (nSPS) is 11.3. The zero-order valence-corrected chi connectivity index (χ0v) is 47.8. The third kappa shape index (κ3) is 9.42. The van der Waals surface area contributed by atoms with Gasteiger partial charge in [0.25, 0.3) is 0 Å². The van der Waals surface area contributed by atoms with Gasteiger partial charge in [-0.15, -0.1) is 0 Å². The molecule has 0 nitrogen and oxygen atoms in total. The minimum Gasteiger partial charge on any atom is -0.0616 e. The molecular weight excluding hydrogens is 1080 g/mol. The van der Waals surface area contributed by atoms with Gasteiger partial charge in [-0.05, 0) is 135 Å². The molecule has 0 unspecified atom stereocenters. The molecular formula is C90H36. The summed E-state index contributed by atoms with van der Waals surface area (Å²) in [6.45, 7) is 0. The van der Waals surface area contributed by atoms with Gasteiger partial charge in [0, 0.05) is 62.6 Å². The van der Waals surface area contributed by atoms with Gasteiger partial charge in [0.2, 0.25) is 0 Å². The lowest BCUT2D eigenvalue weighted by molar-refractivity contribution is 1.32. The fraction of sp³-hybridized carbons (Fsp3) is 0. The Balaban J connectivity index is 1.46. The maximum atomic E-state index is 3.81. The molecule has 0 saturated heterocycles. The van der Waals surface area contributed by atoms with Crippen molar-refractivity contribution in [2.45, 2.75) is 0 Å². The highest BCUT2D eigenvalue weighted by Crippen LogP contribution is 2.11. The summed E-state index contributed by atoms with van der Waals surface area (Å²) in [6.07, 6.45) is 0. The van der Waals surface area contributed by atoms with Gasteiger partial charge in [-0.3, -0.25) is 0 Å². The molecule has 3 aliphatic rings. The Morgan fingerprint density at radius 3 is 0.433 bits per heavy atom. The molecule has 16 rings (SSSR count). The monoisotopic (exact) mass is 1120 g/mol. The first-order chi connectivity index (χ1) is 44.6. The van der Waals surface area contributed by atoms with Crippen molar-refractivity contribution in [1.29, 1.82) is 0 Å². The van der Waals surface area contributed by atoms with Crippen molar-refractivity contribution in [1.82, 2.24) is 0 Å². The molecule has 90 heavy (non-hydrogen) atoms. The van der Waals surface area contributed by atoms with Crippen LogP contribution in [0.1, 0.15) is 0 Å². The molecule has 0 N–H and O–H groups in total. The lowest BCUT2D eigenvalue weighted by Crippen LogP contribution is -2.64. The Morgan fingerprint density at radius 1 is 0.122 bits per heavy atom. The molecule has 396 valence electrons. The van der Waals surface area contributed by atoms with E-state index in [2.05, 4.69) is 247 Å². The van der Waals surface area contributed by atoms with Crippen LogP contribution < -0.4 is 93.9 Å². The molecule has 0 fully saturated rings. The molecule has 0 aliphatic heterocycles. The first kappa shape index (κ1) is 51.8. The third-order valence-electron chi connectivity index (χ3n) is 16.3. The summed E-state index contributed by atoms with van der Waals surface area (Å²) in [7, 11) is 0. The van der Waals surface area contributed by atoms with Crippen molar-refractivity contribution in [3.8, 4) is 0 Å².